The molecule has 2 heterocycles. The van der Waals surface area contributed by atoms with Gasteiger partial charge in [0, 0.05) is 0 Å². The van der Waals surface area contributed by atoms with E-state index in [0.717, 1.165) is 27.6 Å². The first-order valence-electron chi connectivity index (χ1n) is 17.1. The number of hydrogen-bond acceptors (Lipinski definition) is 3. The first-order chi connectivity index (χ1) is 24.8. The first kappa shape index (κ1) is 36.1. The Balaban J connectivity index is 1.71. The number of ether oxygens (including phenoxy) is 1. The molecular formula is C45H40NO3OsP+. The standard InChI is InChI=1S/C45H40NO3P.Os/c1-6-17-35-24-25-36(43-42(35)44(47)46(45(43)48)29-32(3)4)26-27-37(28-38-31-49-30-34(38)7-2)33(5)50(39-18-11-8-12-19-39,40-20-13-9-14-21-40)41-22-15-10-16-23-41;/h6-25,28,32H,29-31H2,1-4H3;/q+1;/b17-6+,34-7?,37-33?,38-28?;. The van der Waals surface area contributed by atoms with Crippen molar-refractivity contribution in [1.82, 2.24) is 4.90 Å². The molecule has 4 aromatic rings. The van der Waals surface area contributed by atoms with E-state index < -0.39 is 7.26 Å². The quantitative estimate of drug-likeness (QED) is 0.103. The Hall–Kier alpha value is -4.65. The second kappa shape index (κ2) is 16.1. The summed E-state index contributed by atoms with van der Waals surface area (Å²) in [7, 11) is -2.58. The van der Waals surface area contributed by atoms with Crippen LogP contribution < -0.4 is 15.9 Å². The van der Waals surface area contributed by atoms with Gasteiger partial charge in [-0.25, -0.2) is 0 Å². The molecule has 0 aromatic heterocycles. The maximum absolute atomic E-state index is 14.0. The summed E-state index contributed by atoms with van der Waals surface area (Å²) in [6.45, 7) is 9.32. The number of carbonyl (C=O) groups is 2. The molecule has 255 valence electrons. The molecule has 0 radical (unpaired) electrons. The summed E-state index contributed by atoms with van der Waals surface area (Å²) in [5.74, 6) is 6.59. The van der Waals surface area contributed by atoms with Crippen molar-refractivity contribution < 1.29 is 32.3 Å². The van der Waals surface area contributed by atoms with Gasteiger partial charge in [-0.05, 0) is 0 Å². The summed E-state index contributed by atoms with van der Waals surface area (Å²) in [5.41, 5.74) is 5.04. The van der Waals surface area contributed by atoms with E-state index in [-0.39, 0.29) is 17.7 Å². The molecule has 6 rings (SSSR count). The summed E-state index contributed by atoms with van der Waals surface area (Å²) in [5, 5.41) is 4.55. The zero-order chi connectivity index (χ0) is 36.0. The van der Waals surface area contributed by atoms with Crippen LogP contribution in [0.15, 0.2) is 143 Å². The third-order valence-corrected chi connectivity index (χ3v) is 14.5. The molecule has 1 fully saturated rings. The minimum atomic E-state index is -2.58. The molecule has 0 aliphatic carbocycles. The number of rotatable bonds is 8. The molecule has 51 heavy (non-hydrogen) atoms. The number of carbonyl (C=O) groups excluding carboxylic acids is 2. The molecule has 6 heteroatoms. The summed E-state index contributed by atoms with van der Waals surface area (Å²) >= 11 is 1.71. The van der Waals surface area contributed by atoms with Crippen LogP contribution in [0.1, 0.15) is 59.5 Å². The molecule has 0 bridgehead atoms. The average molecular weight is 864 g/mol. The molecule has 0 spiro atoms. The normalized spacial score (nSPS) is 16.5. The number of allylic oxidation sites excluding steroid dienone is 5. The number of imide groups is 1. The summed E-state index contributed by atoms with van der Waals surface area (Å²) < 4.78 is 9.65. The molecule has 0 atom stereocenters. The number of nitrogens with zero attached hydrogens (tertiary/aromatic N) is 1. The predicted molar refractivity (Wildman–Crippen MR) is 207 cm³/mol. The zero-order valence-electron chi connectivity index (χ0n) is 29.3. The van der Waals surface area contributed by atoms with E-state index in [4.69, 9.17) is 4.74 Å². The Morgan fingerprint density at radius 3 is 1.86 bits per heavy atom. The van der Waals surface area contributed by atoms with Gasteiger partial charge in [-0.15, -0.1) is 0 Å². The van der Waals surface area contributed by atoms with Crippen LogP contribution in [-0.2, 0) is 22.7 Å². The molecule has 2 aliphatic heterocycles. The Kier molecular flexibility index (Phi) is 11.4. The van der Waals surface area contributed by atoms with Gasteiger partial charge < -0.3 is 0 Å². The Morgan fingerprint density at radius 1 is 0.804 bits per heavy atom. The number of hydrogen-bond donors (Lipinski definition) is 0. The molecule has 0 saturated carbocycles. The van der Waals surface area contributed by atoms with Gasteiger partial charge in [-0.1, -0.05) is 0 Å². The summed E-state index contributed by atoms with van der Waals surface area (Å²) in [6.07, 6.45) is 8.02. The van der Waals surface area contributed by atoms with E-state index in [1.54, 1.807) is 17.9 Å². The van der Waals surface area contributed by atoms with E-state index in [9.17, 15) is 9.59 Å². The van der Waals surface area contributed by atoms with Gasteiger partial charge in [0.2, 0.25) is 0 Å². The van der Waals surface area contributed by atoms with Crippen LogP contribution in [0.25, 0.3) is 6.08 Å². The van der Waals surface area contributed by atoms with Gasteiger partial charge in [0.05, 0.1) is 0 Å². The van der Waals surface area contributed by atoms with Crippen LogP contribution in [0, 0.1) is 22.1 Å². The Bertz CT molecular complexity index is 2100. The first-order valence-corrected chi connectivity index (χ1v) is 20.2. The van der Waals surface area contributed by atoms with Gasteiger partial charge in [0.1, 0.15) is 0 Å². The van der Waals surface area contributed by atoms with Crippen LogP contribution in [0.3, 0.4) is 0 Å². The molecule has 4 nitrogen and oxygen atoms in total. The van der Waals surface area contributed by atoms with Gasteiger partial charge in [-0.3, -0.25) is 0 Å². The fraction of sp³-hybridized carbons (Fsp3) is 0.178. The van der Waals surface area contributed by atoms with Gasteiger partial charge in [0.25, 0.3) is 0 Å². The van der Waals surface area contributed by atoms with Crippen molar-refractivity contribution in [2.24, 2.45) is 5.92 Å². The number of benzene rings is 4. The van der Waals surface area contributed by atoms with Crippen LogP contribution in [-0.4, -0.2) is 36.5 Å². The summed E-state index contributed by atoms with van der Waals surface area (Å²) in [4.78, 5) is 29.1. The molecular weight excluding hydrogens is 824 g/mol. The topological polar surface area (TPSA) is 46.6 Å². The molecule has 0 N–H and O–H groups in total. The van der Waals surface area contributed by atoms with E-state index >= 15 is 0 Å². The zero-order valence-corrected chi connectivity index (χ0v) is 32.7. The Labute approximate surface area is 312 Å². The fourth-order valence-electron chi connectivity index (χ4n) is 6.80. The molecule has 4 aromatic carbocycles. The van der Waals surface area contributed by atoms with Crippen LogP contribution in [0.5, 0.6) is 0 Å². The number of amides is 2. The van der Waals surface area contributed by atoms with Crippen molar-refractivity contribution in [3.8, 4) is 16.2 Å². The minimum absolute atomic E-state index is 0.132. The van der Waals surface area contributed by atoms with Crippen LogP contribution >= 0.6 is 7.26 Å². The Morgan fingerprint density at radius 2 is 1.35 bits per heavy atom. The predicted octanol–water partition coefficient (Wildman–Crippen LogP) is 7.98. The monoisotopic (exact) mass is 865 g/mol. The second-order valence-electron chi connectivity index (χ2n) is 12.8. The second-order valence-corrected chi connectivity index (χ2v) is 16.8. The third kappa shape index (κ3) is 7.00. The van der Waals surface area contributed by atoms with Gasteiger partial charge >= 0.3 is 313 Å². The van der Waals surface area contributed by atoms with Crippen molar-refractivity contribution >= 4 is 41.1 Å². The number of fused-ring (bicyclic) bond motifs is 1. The molecule has 2 aliphatic rings. The van der Waals surface area contributed by atoms with Crippen LogP contribution in [0.4, 0.5) is 0 Å². The van der Waals surface area contributed by atoms with Crippen molar-refractivity contribution in [2.45, 2.75) is 27.7 Å². The average Bonchev–Trinajstić information content (AvgIpc) is 3.71. The van der Waals surface area contributed by atoms with Crippen LogP contribution in [0.2, 0.25) is 0 Å². The SMILES string of the molecule is CC=C1COCC1=CC(C#Cc1ccc(/C=C/C)c2c1C(=O)N(CC(C)C)C2=O)=C([C]#[Os])[P+](c1ccccc1)(c1ccccc1)c1ccccc1. The summed E-state index contributed by atoms with van der Waals surface area (Å²) in [6, 6.07) is 35.8. The van der Waals surface area contributed by atoms with E-state index in [0.29, 0.717) is 36.4 Å². The molecule has 1 saturated heterocycles. The van der Waals surface area contributed by atoms with Crippen molar-refractivity contribution in [3.63, 3.8) is 0 Å². The maximum atomic E-state index is 14.0. The van der Waals surface area contributed by atoms with Crippen molar-refractivity contribution in [2.75, 3.05) is 19.8 Å². The van der Waals surface area contributed by atoms with Crippen molar-refractivity contribution in [1.29, 1.82) is 0 Å². The molecule has 2 amide bonds. The molecule has 0 unspecified atom stereocenters. The van der Waals surface area contributed by atoms with E-state index in [1.807, 2.05) is 52.0 Å². The van der Waals surface area contributed by atoms with Gasteiger partial charge in [-0.2, -0.15) is 0 Å². The third-order valence-electron chi connectivity index (χ3n) is 9.08. The van der Waals surface area contributed by atoms with Crippen molar-refractivity contribution in [3.05, 3.63) is 166 Å². The van der Waals surface area contributed by atoms with Gasteiger partial charge in [0.15, 0.2) is 0 Å². The van der Waals surface area contributed by atoms with E-state index in [1.165, 1.54) is 20.8 Å². The van der Waals surface area contributed by atoms with E-state index in [2.05, 4.69) is 119 Å². The fourth-order valence-corrected chi connectivity index (χ4v) is 12.5.